The molecule has 0 aromatic rings. The molecule has 0 aliphatic heterocycles. The molecule has 0 unspecified atom stereocenters. The third-order valence-corrected chi connectivity index (χ3v) is 1.41. The first-order chi connectivity index (χ1) is 6.68. The van der Waals surface area contributed by atoms with Crippen LogP contribution >= 0.6 is 0 Å². The predicted molar refractivity (Wildman–Crippen MR) is 57.5 cm³/mol. The number of nitrogens with two attached hydrogens (primary N) is 1. The molecule has 0 fully saturated rings. The van der Waals surface area contributed by atoms with Gasteiger partial charge in [-0.2, -0.15) is 0 Å². The van der Waals surface area contributed by atoms with Crippen molar-refractivity contribution >= 4 is 11.9 Å². The maximum Gasteiger partial charge on any atom is 0.330 e. The standard InChI is InChI=1S/C6H13NO2.C4H6O2/c1-4(2)3-5(7)6(8)9;1-3(2)4(5)6/h4-5H,3,7H2,1-2H3,(H,8,9);1H2,2H3,(H,5,6)/t5-;/m1./s1. The van der Waals surface area contributed by atoms with E-state index in [0.717, 1.165) is 0 Å². The Morgan fingerprint density at radius 1 is 1.33 bits per heavy atom. The molecule has 0 bridgehead atoms. The van der Waals surface area contributed by atoms with Gasteiger partial charge in [-0.25, -0.2) is 4.79 Å². The first-order valence-electron chi connectivity index (χ1n) is 4.55. The van der Waals surface area contributed by atoms with Crippen molar-refractivity contribution in [2.45, 2.75) is 33.2 Å². The van der Waals surface area contributed by atoms with Gasteiger partial charge in [-0.1, -0.05) is 20.4 Å². The fourth-order valence-electron chi connectivity index (χ4n) is 0.609. The first-order valence-corrected chi connectivity index (χ1v) is 4.55. The van der Waals surface area contributed by atoms with Crippen molar-refractivity contribution in [3.05, 3.63) is 12.2 Å². The minimum atomic E-state index is -0.935. The zero-order valence-electron chi connectivity index (χ0n) is 9.36. The van der Waals surface area contributed by atoms with E-state index in [2.05, 4.69) is 6.58 Å². The first kappa shape index (κ1) is 16.1. The van der Waals surface area contributed by atoms with Gasteiger partial charge >= 0.3 is 11.9 Å². The summed E-state index contributed by atoms with van der Waals surface area (Å²) in [4.78, 5) is 19.7. The molecule has 0 saturated heterocycles. The van der Waals surface area contributed by atoms with Crippen LogP contribution in [0.3, 0.4) is 0 Å². The van der Waals surface area contributed by atoms with Gasteiger partial charge in [0.25, 0.3) is 0 Å². The van der Waals surface area contributed by atoms with Crippen molar-refractivity contribution in [1.82, 2.24) is 0 Å². The maximum atomic E-state index is 10.1. The van der Waals surface area contributed by atoms with Crippen LogP contribution < -0.4 is 5.73 Å². The number of rotatable bonds is 4. The number of hydrogen-bond donors (Lipinski definition) is 3. The Labute approximate surface area is 89.6 Å². The lowest BCUT2D eigenvalue weighted by atomic mass is 10.1. The van der Waals surface area contributed by atoms with Crippen molar-refractivity contribution in [1.29, 1.82) is 0 Å². The van der Waals surface area contributed by atoms with E-state index in [1.165, 1.54) is 6.92 Å². The number of carboxylic acids is 2. The Morgan fingerprint density at radius 2 is 1.67 bits per heavy atom. The van der Waals surface area contributed by atoms with Gasteiger partial charge < -0.3 is 15.9 Å². The van der Waals surface area contributed by atoms with E-state index in [9.17, 15) is 9.59 Å². The van der Waals surface area contributed by atoms with Crippen molar-refractivity contribution in [2.75, 3.05) is 0 Å². The topological polar surface area (TPSA) is 101 Å². The molecule has 0 aliphatic rings. The molecular formula is C10H19NO4. The summed E-state index contributed by atoms with van der Waals surface area (Å²) in [6, 6.07) is -0.690. The molecule has 0 spiro atoms. The Morgan fingerprint density at radius 3 is 1.73 bits per heavy atom. The minimum Gasteiger partial charge on any atom is -0.480 e. The molecule has 0 aromatic carbocycles. The molecule has 0 heterocycles. The van der Waals surface area contributed by atoms with E-state index in [1.54, 1.807) is 0 Å². The third-order valence-electron chi connectivity index (χ3n) is 1.41. The summed E-state index contributed by atoms with van der Waals surface area (Å²) in [6.45, 7) is 8.50. The second kappa shape index (κ2) is 7.99. The highest BCUT2D eigenvalue weighted by Crippen LogP contribution is 2.01. The fraction of sp³-hybridized carbons (Fsp3) is 0.600. The van der Waals surface area contributed by atoms with Crippen LogP contribution in [0.2, 0.25) is 0 Å². The zero-order chi connectivity index (χ0) is 12.6. The number of aliphatic carboxylic acids is 2. The normalized spacial score (nSPS) is 11.3. The van der Waals surface area contributed by atoms with Gasteiger partial charge in [0.05, 0.1) is 0 Å². The van der Waals surface area contributed by atoms with Crippen LogP contribution in [0.15, 0.2) is 12.2 Å². The molecule has 4 N–H and O–H groups in total. The summed E-state index contributed by atoms with van der Waals surface area (Å²) in [5.74, 6) is -1.49. The molecule has 15 heavy (non-hydrogen) atoms. The molecule has 0 radical (unpaired) electrons. The highest BCUT2D eigenvalue weighted by atomic mass is 16.4. The molecule has 0 saturated carbocycles. The number of carbonyl (C=O) groups is 2. The zero-order valence-corrected chi connectivity index (χ0v) is 9.36. The maximum absolute atomic E-state index is 10.1. The SMILES string of the molecule is C=C(C)C(=O)O.CC(C)C[C@@H](N)C(=O)O. The average molecular weight is 217 g/mol. The molecule has 0 rings (SSSR count). The summed E-state index contributed by atoms with van der Waals surface area (Å²) in [5, 5.41) is 16.2. The molecule has 0 aliphatic carbocycles. The second-order valence-corrected chi connectivity index (χ2v) is 3.66. The van der Waals surface area contributed by atoms with E-state index in [-0.39, 0.29) is 5.57 Å². The minimum absolute atomic E-state index is 0.176. The lowest BCUT2D eigenvalue weighted by molar-refractivity contribution is -0.139. The van der Waals surface area contributed by atoms with Gasteiger partial charge in [-0.15, -0.1) is 0 Å². The fourth-order valence-corrected chi connectivity index (χ4v) is 0.609. The van der Waals surface area contributed by atoms with Gasteiger partial charge in [0.1, 0.15) is 6.04 Å². The third kappa shape index (κ3) is 12.6. The van der Waals surface area contributed by atoms with Crippen LogP contribution in [0.4, 0.5) is 0 Å². The smallest absolute Gasteiger partial charge is 0.330 e. The van der Waals surface area contributed by atoms with E-state index in [0.29, 0.717) is 12.3 Å². The molecule has 1 atom stereocenters. The van der Waals surface area contributed by atoms with Crippen LogP contribution in [-0.2, 0) is 9.59 Å². The highest BCUT2D eigenvalue weighted by Gasteiger charge is 2.11. The van der Waals surface area contributed by atoms with Gasteiger partial charge in [-0.05, 0) is 19.3 Å². The van der Waals surface area contributed by atoms with Gasteiger partial charge in [0.15, 0.2) is 0 Å². The molecule has 88 valence electrons. The van der Waals surface area contributed by atoms with Crippen LogP contribution in [0.5, 0.6) is 0 Å². The Bertz CT molecular complexity index is 224. The lowest BCUT2D eigenvalue weighted by Gasteiger charge is -2.07. The van der Waals surface area contributed by atoms with Gasteiger partial charge in [0.2, 0.25) is 0 Å². The molecule has 5 nitrogen and oxygen atoms in total. The monoisotopic (exact) mass is 217 g/mol. The van der Waals surface area contributed by atoms with Crippen LogP contribution in [0.1, 0.15) is 27.2 Å². The quantitative estimate of drug-likeness (QED) is 0.612. The van der Waals surface area contributed by atoms with Crippen LogP contribution in [-0.4, -0.2) is 28.2 Å². The summed E-state index contributed by atoms with van der Waals surface area (Å²) >= 11 is 0. The summed E-state index contributed by atoms with van der Waals surface area (Å²) < 4.78 is 0. The highest BCUT2D eigenvalue weighted by molar-refractivity contribution is 5.84. The van der Waals surface area contributed by atoms with Crippen molar-refractivity contribution in [2.24, 2.45) is 11.7 Å². The number of hydrogen-bond acceptors (Lipinski definition) is 3. The van der Waals surface area contributed by atoms with E-state index < -0.39 is 18.0 Å². The summed E-state index contributed by atoms with van der Waals surface area (Å²) in [6.07, 6.45) is 0.551. The van der Waals surface area contributed by atoms with E-state index in [1.807, 2.05) is 13.8 Å². The lowest BCUT2D eigenvalue weighted by Crippen LogP contribution is -2.31. The van der Waals surface area contributed by atoms with Crippen molar-refractivity contribution in [3.63, 3.8) is 0 Å². The Kier molecular flexibility index (Phi) is 8.57. The van der Waals surface area contributed by atoms with E-state index in [4.69, 9.17) is 15.9 Å². The van der Waals surface area contributed by atoms with Crippen LogP contribution in [0, 0.1) is 5.92 Å². The summed E-state index contributed by atoms with van der Waals surface area (Å²) in [7, 11) is 0. The molecule has 5 heteroatoms. The Hall–Kier alpha value is -1.36. The van der Waals surface area contributed by atoms with Crippen molar-refractivity contribution in [3.8, 4) is 0 Å². The average Bonchev–Trinajstić information content (AvgIpc) is 2.03. The Balaban J connectivity index is 0. The number of carboxylic acid groups (broad SMARTS) is 2. The van der Waals surface area contributed by atoms with E-state index >= 15 is 0 Å². The van der Waals surface area contributed by atoms with Gasteiger partial charge in [-0.3, -0.25) is 4.79 Å². The van der Waals surface area contributed by atoms with Gasteiger partial charge in [0, 0.05) is 5.57 Å². The molecule has 0 amide bonds. The largest absolute Gasteiger partial charge is 0.480 e. The summed E-state index contributed by atoms with van der Waals surface area (Å²) in [5.41, 5.74) is 5.39. The predicted octanol–water partition coefficient (Wildman–Crippen LogP) is 1.09. The van der Waals surface area contributed by atoms with Crippen molar-refractivity contribution < 1.29 is 19.8 Å². The van der Waals surface area contributed by atoms with Crippen LogP contribution in [0.25, 0.3) is 0 Å². The second-order valence-electron chi connectivity index (χ2n) is 3.66. The molecular weight excluding hydrogens is 198 g/mol. The molecule has 0 aromatic heterocycles.